The van der Waals surface area contributed by atoms with Gasteiger partial charge in [0.15, 0.2) is 0 Å². The maximum Gasteiger partial charge on any atom is 0.0558 e. The lowest BCUT2D eigenvalue weighted by Crippen LogP contribution is -2.39. The first-order chi connectivity index (χ1) is 6.86. The molecule has 1 fully saturated rings. The van der Waals surface area contributed by atoms with E-state index in [1.54, 1.807) is 0 Å². The van der Waals surface area contributed by atoms with Gasteiger partial charge in [0.25, 0.3) is 0 Å². The second-order valence-corrected chi connectivity index (χ2v) is 3.89. The van der Waals surface area contributed by atoms with Crippen molar-refractivity contribution >= 4 is 0 Å². The van der Waals surface area contributed by atoms with E-state index in [4.69, 9.17) is 5.11 Å². The lowest BCUT2D eigenvalue weighted by atomic mass is 10.2. The van der Waals surface area contributed by atoms with Crippen LogP contribution < -0.4 is 5.32 Å². The van der Waals surface area contributed by atoms with E-state index in [0.717, 1.165) is 32.6 Å². The summed E-state index contributed by atoms with van der Waals surface area (Å²) in [7, 11) is 0. The summed E-state index contributed by atoms with van der Waals surface area (Å²) in [6.45, 7) is 7.99. The summed E-state index contributed by atoms with van der Waals surface area (Å²) < 4.78 is 0. The van der Waals surface area contributed by atoms with Crippen molar-refractivity contribution in [2.45, 2.75) is 25.3 Å². The van der Waals surface area contributed by atoms with E-state index in [0.29, 0.717) is 6.04 Å². The molecular weight excluding hydrogens is 176 g/mol. The molecule has 3 nitrogen and oxygen atoms in total. The maximum absolute atomic E-state index is 8.92. The van der Waals surface area contributed by atoms with Crippen LogP contribution in [0.15, 0.2) is 12.7 Å². The van der Waals surface area contributed by atoms with E-state index in [2.05, 4.69) is 16.8 Å². The van der Waals surface area contributed by atoms with Gasteiger partial charge < -0.3 is 10.4 Å². The largest absolute Gasteiger partial charge is 0.395 e. The third kappa shape index (κ3) is 4.22. The minimum Gasteiger partial charge on any atom is -0.395 e. The minimum atomic E-state index is 0.254. The van der Waals surface area contributed by atoms with Gasteiger partial charge in [-0.05, 0) is 25.8 Å². The van der Waals surface area contributed by atoms with Crippen LogP contribution in [0.5, 0.6) is 0 Å². The molecule has 0 bridgehead atoms. The third-order valence-electron chi connectivity index (χ3n) is 2.71. The summed E-state index contributed by atoms with van der Waals surface area (Å²) >= 11 is 0. The zero-order valence-electron chi connectivity index (χ0n) is 8.91. The first-order valence-corrected chi connectivity index (χ1v) is 5.54. The number of aliphatic hydroxyl groups excluding tert-OH is 1. The van der Waals surface area contributed by atoms with Crippen molar-refractivity contribution in [2.24, 2.45) is 0 Å². The molecule has 2 N–H and O–H groups in total. The highest BCUT2D eigenvalue weighted by molar-refractivity contribution is 4.79. The van der Waals surface area contributed by atoms with Crippen LogP contribution in [0.25, 0.3) is 0 Å². The molecule has 0 radical (unpaired) electrons. The van der Waals surface area contributed by atoms with Crippen LogP contribution >= 0.6 is 0 Å². The lowest BCUT2D eigenvalue weighted by molar-refractivity contribution is 0.187. The highest BCUT2D eigenvalue weighted by atomic mass is 16.3. The molecule has 1 unspecified atom stereocenters. The van der Waals surface area contributed by atoms with E-state index in [1.165, 1.54) is 12.8 Å². The molecule has 0 aromatic carbocycles. The van der Waals surface area contributed by atoms with Gasteiger partial charge in [-0.1, -0.05) is 6.08 Å². The highest BCUT2D eigenvalue weighted by Crippen LogP contribution is 2.07. The Hall–Kier alpha value is -0.380. The molecule has 1 saturated heterocycles. The van der Waals surface area contributed by atoms with Crippen LogP contribution in [-0.2, 0) is 0 Å². The molecule has 1 aliphatic rings. The fraction of sp³-hybridized carbons (Fsp3) is 0.818. The van der Waals surface area contributed by atoms with Crippen molar-refractivity contribution in [1.29, 1.82) is 0 Å². The number of rotatable bonds is 7. The molecule has 0 spiro atoms. The van der Waals surface area contributed by atoms with Crippen molar-refractivity contribution in [2.75, 3.05) is 32.8 Å². The van der Waals surface area contributed by atoms with Crippen molar-refractivity contribution in [3.05, 3.63) is 12.7 Å². The van der Waals surface area contributed by atoms with Crippen LogP contribution in [0, 0.1) is 0 Å². The second-order valence-electron chi connectivity index (χ2n) is 3.89. The van der Waals surface area contributed by atoms with E-state index in [-0.39, 0.29) is 6.61 Å². The lowest BCUT2D eigenvalue weighted by Gasteiger charge is -2.24. The smallest absolute Gasteiger partial charge is 0.0558 e. The first kappa shape index (κ1) is 11.7. The van der Waals surface area contributed by atoms with E-state index >= 15 is 0 Å². The fourth-order valence-electron chi connectivity index (χ4n) is 1.93. The maximum atomic E-state index is 8.92. The number of hydrogen-bond donors (Lipinski definition) is 2. The second kappa shape index (κ2) is 6.98. The molecule has 3 heteroatoms. The molecule has 1 atom stereocenters. The Bertz CT molecular complexity index is 155. The minimum absolute atomic E-state index is 0.254. The molecule has 0 aromatic heterocycles. The standard InChI is InChI=1S/C11H22N2O/c1-2-3-7-13(8-9-14)10-11-5-4-6-12-11/h2,11-12,14H,1,3-10H2. The Balaban J connectivity index is 2.21. The molecular formula is C11H22N2O. The topological polar surface area (TPSA) is 35.5 Å². The third-order valence-corrected chi connectivity index (χ3v) is 2.71. The predicted octanol–water partition coefficient (Wildman–Crippen LogP) is 0.609. The molecule has 0 aromatic rings. The van der Waals surface area contributed by atoms with Crippen molar-refractivity contribution in [3.8, 4) is 0 Å². The van der Waals surface area contributed by atoms with Crippen LogP contribution in [0.1, 0.15) is 19.3 Å². The molecule has 14 heavy (non-hydrogen) atoms. The van der Waals surface area contributed by atoms with Gasteiger partial charge in [0.05, 0.1) is 6.61 Å². The summed E-state index contributed by atoms with van der Waals surface area (Å²) in [5.74, 6) is 0. The molecule has 1 heterocycles. The average molecular weight is 198 g/mol. The summed E-state index contributed by atoms with van der Waals surface area (Å²) in [6.07, 6.45) is 5.51. The Morgan fingerprint density at radius 2 is 2.36 bits per heavy atom. The van der Waals surface area contributed by atoms with Crippen LogP contribution in [0.4, 0.5) is 0 Å². The van der Waals surface area contributed by atoms with Gasteiger partial charge in [-0.25, -0.2) is 0 Å². The normalized spacial score (nSPS) is 21.7. The molecule has 82 valence electrons. The van der Waals surface area contributed by atoms with Gasteiger partial charge in [-0.2, -0.15) is 0 Å². The molecule has 0 amide bonds. The van der Waals surface area contributed by atoms with Crippen molar-refractivity contribution in [1.82, 2.24) is 10.2 Å². The number of nitrogens with zero attached hydrogens (tertiary/aromatic N) is 1. The Morgan fingerprint density at radius 1 is 1.50 bits per heavy atom. The Morgan fingerprint density at radius 3 is 2.93 bits per heavy atom. The van der Waals surface area contributed by atoms with Gasteiger partial charge in [0.1, 0.15) is 0 Å². The van der Waals surface area contributed by atoms with Gasteiger partial charge >= 0.3 is 0 Å². The van der Waals surface area contributed by atoms with Crippen LogP contribution in [-0.4, -0.2) is 48.8 Å². The summed E-state index contributed by atoms with van der Waals surface area (Å²) in [5, 5.41) is 12.4. The number of nitrogens with one attached hydrogen (secondary N) is 1. The number of hydrogen-bond acceptors (Lipinski definition) is 3. The van der Waals surface area contributed by atoms with Crippen molar-refractivity contribution in [3.63, 3.8) is 0 Å². The highest BCUT2D eigenvalue weighted by Gasteiger charge is 2.16. The Kier molecular flexibility index (Phi) is 5.83. The SMILES string of the molecule is C=CCCN(CCO)CC1CCCN1. The van der Waals surface area contributed by atoms with Gasteiger partial charge in [-0.3, -0.25) is 4.90 Å². The summed E-state index contributed by atoms with van der Waals surface area (Å²) in [6, 6.07) is 0.631. The van der Waals surface area contributed by atoms with Gasteiger partial charge in [0.2, 0.25) is 0 Å². The van der Waals surface area contributed by atoms with Crippen LogP contribution in [0.2, 0.25) is 0 Å². The van der Waals surface area contributed by atoms with Crippen molar-refractivity contribution < 1.29 is 5.11 Å². The zero-order chi connectivity index (χ0) is 10.2. The molecule has 0 aliphatic carbocycles. The molecule has 0 saturated carbocycles. The first-order valence-electron chi connectivity index (χ1n) is 5.54. The van der Waals surface area contributed by atoms with E-state index < -0.39 is 0 Å². The monoisotopic (exact) mass is 198 g/mol. The van der Waals surface area contributed by atoms with Gasteiger partial charge in [0, 0.05) is 25.7 Å². The van der Waals surface area contributed by atoms with Crippen LogP contribution in [0.3, 0.4) is 0 Å². The van der Waals surface area contributed by atoms with Gasteiger partial charge in [-0.15, -0.1) is 6.58 Å². The molecule has 1 aliphatic heterocycles. The fourth-order valence-corrected chi connectivity index (χ4v) is 1.93. The quantitative estimate of drug-likeness (QED) is 0.588. The Labute approximate surface area is 86.8 Å². The summed E-state index contributed by atoms with van der Waals surface area (Å²) in [4.78, 5) is 2.31. The average Bonchev–Trinajstić information content (AvgIpc) is 2.67. The molecule has 1 rings (SSSR count). The zero-order valence-corrected chi connectivity index (χ0v) is 8.91. The van der Waals surface area contributed by atoms with E-state index in [9.17, 15) is 0 Å². The van der Waals surface area contributed by atoms with E-state index in [1.807, 2.05) is 6.08 Å². The predicted molar refractivity (Wildman–Crippen MR) is 59.4 cm³/mol. The number of aliphatic hydroxyl groups is 1. The summed E-state index contributed by atoms with van der Waals surface area (Å²) in [5.41, 5.74) is 0.